The number of fused-ring (bicyclic) bond motifs is 1. The molecule has 1 N–H and O–H groups in total. The van der Waals surface area contributed by atoms with E-state index in [-0.39, 0.29) is 11.9 Å². The Morgan fingerprint density at radius 3 is 2.32 bits per heavy atom. The number of carbonyl (C=O) groups is 1. The van der Waals surface area contributed by atoms with E-state index in [0.717, 1.165) is 19.3 Å². The van der Waals surface area contributed by atoms with Crippen molar-refractivity contribution in [3.05, 3.63) is 59.2 Å². The van der Waals surface area contributed by atoms with Gasteiger partial charge in [-0.3, -0.25) is 4.79 Å². The Hall–Kier alpha value is -2.29. The summed E-state index contributed by atoms with van der Waals surface area (Å²) in [6.45, 7) is 8.18. The van der Waals surface area contributed by atoms with Crippen molar-refractivity contribution in [2.45, 2.75) is 59.0 Å². The van der Waals surface area contributed by atoms with Crippen molar-refractivity contribution in [3.8, 4) is 0 Å². The number of hydrogen-bond acceptors (Lipinski definition) is 2. The van der Waals surface area contributed by atoms with Gasteiger partial charge in [0.15, 0.2) is 0 Å². The highest BCUT2D eigenvalue weighted by Gasteiger charge is 2.31. The number of nitrogens with zero attached hydrogens (tertiary/aromatic N) is 1. The number of anilines is 2. The summed E-state index contributed by atoms with van der Waals surface area (Å²) in [6, 6.07) is 15.9. The maximum Gasteiger partial charge on any atom is 0.217 e. The van der Waals surface area contributed by atoms with Crippen LogP contribution in [0.2, 0.25) is 0 Å². The normalized spacial score (nSPS) is 19.4. The number of carbonyl (C=O) groups excluding carboxylic acids is 1. The van der Waals surface area contributed by atoms with Gasteiger partial charge >= 0.3 is 0 Å². The van der Waals surface area contributed by atoms with Crippen molar-refractivity contribution in [2.75, 3.05) is 4.90 Å². The molecule has 3 heteroatoms. The lowest BCUT2D eigenvalue weighted by molar-refractivity contribution is -0.119. The molecule has 0 radical (unpaired) electrons. The van der Waals surface area contributed by atoms with Crippen molar-refractivity contribution in [3.63, 3.8) is 0 Å². The average Bonchev–Trinajstić information content (AvgIpc) is 2.61. The van der Waals surface area contributed by atoms with Crippen molar-refractivity contribution < 1.29 is 4.79 Å². The number of amides is 1. The molecule has 2 atom stereocenters. The van der Waals surface area contributed by atoms with Crippen molar-refractivity contribution in [1.82, 2.24) is 5.32 Å². The van der Waals surface area contributed by atoms with Crippen LogP contribution in [0, 0.1) is 0 Å². The molecular weight excluding hydrogens is 308 g/mol. The lowest BCUT2D eigenvalue weighted by atomic mass is 9.89. The predicted molar refractivity (Wildman–Crippen MR) is 104 cm³/mol. The number of aryl methyl sites for hydroxylation is 2. The summed E-state index contributed by atoms with van der Waals surface area (Å²) >= 11 is 0. The molecule has 0 saturated heterocycles. The first kappa shape index (κ1) is 17.5. The van der Waals surface area contributed by atoms with Gasteiger partial charge in [-0.25, -0.2) is 0 Å². The monoisotopic (exact) mass is 336 g/mol. The quantitative estimate of drug-likeness (QED) is 0.859. The molecule has 0 aliphatic carbocycles. The van der Waals surface area contributed by atoms with Crippen molar-refractivity contribution >= 4 is 17.3 Å². The van der Waals surface area contributed by atoms with E-state index in [2.05, 4.69) is 73.5 Å². The predicted octanol–water partition coefficient (Wildman–Crippen LogP) is 4.92. The summed E-state index contributed by atoms with van der Waals surface area (Å²) in [4.78, 5) is 14.1. The summed E-state index contributed by atoms with van der Waals surface area (Å²) in [5, 5.41) is 3.14. The fourth-order valence-corrected chi connectivity index (χ4v) is 3.80. The van der Waals surface area contributed by atoms with Crippen LogP contribution in [-0.4, -0.2) is 11.9 Å². The second-order valence-corrected chi connectivity index (χ2v) is 6.97. The minimum absolute atomic E-state index is 0.0331. The molecule has 1 aliphatic heterocycles. The van der Waals surface area contributed by atoms with Crippen LogP contribution in [0.4, 0.5) is 11.4 Å². The van der Waals surface area contributed by atoms with Crippen LogP contribution < -0.4 is 10.2 Å². The van der Waals surface area contributed by atoms with Gasteiger partial charge < -0.3 is 10.2 Å². The van der Waals surface area contributed by atoms with E-state index in [0.29, 0.717) is 6.04 Å². The third kappa shape index (κ3) is 3.55. The first-order valence-corrected chi connectivity index (χ1v) is 9.31. The standard InChI is InChI=1S/C22H28N2O/c1-5-17-7-10-19(11-8-17)24-15(3)13-21(23-16(4)25)20-14-18(6-2)9-12-22(20)24/h7-12,14-15,21H,5-6,13H2,1-4H3,(H,23,25). The fraction of sp³-hybridized carbons (Fsp3) is 0.409. The average molecular weight is 336 g/mol. The SMILES string of the molecule is CCc1ccc(N2c3ccc(CC)cc3C(NC(C)=O)CC2C)cc1. The molecule has 3 rings (SSSR count). The Morgan fingerprint density at radius 2 is 1.72 bits per heavy atom. The van der Waals surface area contributed by atoms with Gasteiger partial charge in [0.25, 0.3) is 0 Å². The van der Waals surface area contributed by atoms with Crippen LogP contribution in [-0.2, 0) is 17.6 Å². The molecule has 0 aromatic heterocycles. The minimum Gasteiger partial charge on any atom is -0.349 e. The summed E-state index contributed by atoms with van der Waals surface area (Å²) < 4.78 is 0. The van der Waals surface area contributed by atoms with E-state index in [9.17, 15) is 4.79 Å². The highest BCUT2D eigenvalue weighted by molar-refractivity contribution is 5.76. The Labute approximate surface area is 151 Å². The van der Waals surface area contributed by atoms with Gasteiger partial charge in [0.05, 0.1) is 6.04 Å². The first-order valence-electron chi connectivity index (χ1n) is 9.31. The molecule has 0 bridgehead atoms. The number of nitrogens with one attached hydrogen (secondary N) is 1. The van der Waals surface area contributed by atoms with E-state index >= 15 is 0 Å². The number of hydrogen-bond donors (Lipinski definition) is 1. The van der Waals surface area contributed by atoms with Gasteiger partial charge in [-0.1, -0.05) is 38.1 Å². The van der Waals surface area contributed by atoms with E-state index in [4.69, 9.17) is 0 Å². The summed E-state index contributed by atoms with van der Waals surface area (Å²) in [7, 11) is 0. The highest BCUT2D eigenvalue weighted by Crippen LogP contribution is 2.42. The lowest BCUT2D eigenvalue weighted by Crippen LogP contribution is -2.40. The molecule has 1 aliphatic rings. The number of benzene rings is 2. The zero-order valence-corrected chi connectivity index (χ0v) is 15.7. The van der Waals surface area contributed by atoms with Gasteiger partial charge in [-0.05, 0) is 61.1 Å². The van der Waals surface area contributed by atoms with Gasteiger partial charge in [0, 0.05) is 24.3 Å². The Kier molecular flexibility index (Phi) is 5.12. The van der Waals surface area contributed by atoms with E-state index in [1.807, 2.05) is 0 Å². The van der Waals surface area contributed by atoms with Gasteiger partial charge in [-0.15, -0.1) is 0 Å². The summed E-state index contributed by atoms with van der Waals surface area (Å²) in [5.74, 6) is 0.0331. The van der Waals surface area contributed by atoms with Gasteiger partial charge in [-0.2, -0.15) is 0 Å². The molecule has 2 unspecified atom stereocenters. The minimum atomic E-state index is 0.0331. The molecule has 0 saturated carbocycles. The van der Waals surface area contributed by atoms with E-state index in [1.54, 1.807) is 6.92 Å². The largest absolute Gasteiger partial charge is 0.349 e. The third-order valence-electron chi connectivity index (χ3n) is 5.15. The van der Waals surface area contributed by atoms with Gasteiger partial charge in [0.2, 0.25) is 5.91 Å². The fourth-order valence-electron chi connectivity index (χ4n) is 3.80. The maximum atomic E-state index is 11.7. The lowest BCUT2D eigenvalue weighted by Gasteiger charge is -2.41. The van der Waals surface area contributed by atoms with Crippen LogP contribution in [0.5, 0.6) is 0 Å². The van der Waals surface area contributed by atoms with Crippen LogP contribution in [0.3, 0.4) is 0 Å². The molecule has 3 nitrogen and oxygen atoms in total. The number of rotatable bonds is 4. The van der Waals surface area contributed by atoms with E-state index < -0.39 is 0 Å². The molecule has 0 spiro atoms. The Bertz CT molecular complexity index is 751. The maximum absolute atomic E-state index is 11.7. The highest BCUT2D eigenvalue weighted by atomic mass is 16.1. The van der Waals surface area contributed by atoms with Crippen LogP contribution >= 0.6 is 0 Å². The molecule has 132 valence electrons. The first-order chi connectivity index (χ1) is 12.0. The molecule has 2 aromatic carbocycles. The second kappa shape index (κ2) is 7.30. The topological polar surface area (TPSA) is 32.3 Å². The molecule has 1 amide bonds. The second-order valence-electron chi connectivity index (χ2n) is 6.97. The zero-order valence-electron chi connectivity index (χ0n) is 15.7. The molecule has 0 fully saturated rings. The molecule has 1 heterocycles. The third-order valence-corrected chi connectivity index (χ3v) is 5.15. The molecular formula is C22H28N2O. The van der Waals surface area contributed by atoms with Crippen LogP contribution in [0.25, 0.3) is 0 Å². The van der Waals surface area contributed by atoms with Crippen LogP contribution in [0.1, 0.15) is 56.8 Å². The van der Waals surface area contributed by atoms with Crippen LogP contribution in [0.15, 0.2) is 42.5 Å². The van der Waals surface area contributed by atoms with Crippen molar-refractivity contribution in [1.29, 1.82) is 0 Å². The Morgan fingerprint density at radius 1 is 1.08 bits per heavy atom. The van der Waals surface area contributed by atoms with Gasteiger partial charge in [0.1, 0.15) is 0 Å². The summed E-state index contributed by atoms with van der Waals surface area (Å²) in [6.07, 6.45) is 2.97. The van der Waals surface area contributed by atoms with Crippen molar-refractivity contribution in [2.24, 2.45) is 0 Å². The zero-order chi connectivity index (χ0) is 18.0. The molecule has 2 aromatic rings. The Balaban J connectivity index is 2.06. The summed E-state index contributed by atoms with van der Waals surface area (Å²) in [5.41, 5.74) is 6.32. The smallest absolute Gasteiger partial charge is 0.217 e. The molecule has 25 heavy (non-hydrogen) atoms. The van der Waals surface area contributed by atoms with E-state index in [1.165, 1.54) is 28.1 Å².